The van der Waals surface area contributed by atoms with Crippen molar-refractivity contribution in [3.63, 3.8) is 0 Å². The Morgan fingerprint density at radius 2 is 1.77 bits per heavy atom. The molecule has 0 radical (unpaired) electrons. The Labute approximate surface area is 187 Å². The minimum Gasteiger partial charge on any atom is -0.359 e. The highest BCUT2D eigenvalue weighted by molar-refractivity contribution is 7.08. The molecule has 1 fully saturated rings. The summed E-state index contributed by atoms with van der Waals surface area (Å²) in [5.41, 5.74) is 4.12. The Kier molecular flexibility index (Phi) is 6.52. The van der Waals surface area contributed by atoms with Crippen molar-refractivity contribution in [3.8, 4) is 11.1 Å². The molecule has 2 aromatic carbocycles. The van der Waals surface area contributed by atoms with Gasteiger partial charge in [-0.25, -0.2) is 0 Å². The molecule has 1 atom stereocenters. The summed E-state index contributed by atoms with van der Waals surface area (Å²) in [6, 6.07) is 20.6. The fourth-order valence-corrected chi connectivity index (χ4v) is 5.11. The van der Waals surface area contributed by atoms with E-state index in [9.17, 15) is 9.59 Å². The lowest BCUT2D eigenvalue weighted by atomic mass is 9.79. The highest BCUT2D eigenvalue weighted by Gasteiger charge is 2.45. The summed E-state index contributed by atoms with van der Waals surface area (Å²) in [7, 11) is 1.68. The second kappa shape index (κ2) is 9.48. The number of carbonyl (C=O) groups is 2. The Morgan fingerprint density at radius 1 is 1.00 bits per heavy atom. The molecule has 1 aromatic heterocycles. The van der Waals surface area contributed by atoms with Gasteiger partial charge < -0.3 is 10.2 Å². The quantitative estimate of drug-likeness (QED) is 0.595. The Hall–Kier alpha value is -2.92. The predicted octanol–water partition coefficient (Wildman–Crippen LogP) is 4.56. The number of likely N-dealkylation sites (tertiary alicyclic amines) is 1. The third-order valence-electron chi connectivity index (χ3n) is 6.24. The summed E-state index contributed by atoms with van der Waals surface area (Å²) in [4.78, 5) is 27.6. The molecule has 0 unspecified atom stereocenters. The van der Waals surface area contributed by atoms with Crippen LogP contribution >= 0.6 is 11.3 Å². The van der Waals surface area contributed by atoms with Crippen molar-refractivity contribution in [3.05, 3.63) is 82.6 Å². The molecule has 0 saturated carbocycles. The maximum Gasteiger partial charge on any atom is 0.228 e. The van der Waals surface area contributed by atoms with E-state index in [-0.39, 0.29) is 11.8 Å². The summed E-state index contributed by atoms with van der Waals surface area (Å²) in [5, 5.41) is 7.05. The number of amides is 2. The van der Waals surface area contributed by atoms with Gasteiger partial charge in [-0.1, -0.05) is 54.6 Å². The molecule has 31 heavy (non-hydrogen) atoms. The molecule has 2 amide bonds. The largest absolute Gasteiger partial charge is 0.359 e. The van der Waals surface area contributed by atoms with Gasteiger partial charge >= 0.3 is 0 Å². The maximum atomic E-state index is 12.9. The van der Waals surface area contributed by atoms with Crippen LogP contribution in [-0.4, -0.2) is 36.9 Å². The van der Waals surface area contributed by atoms with Crippen molar-refractivity contribution >= 4 is 23.2 Å². The van der Waals surface area contributed by atoms with Crippen LogP contribution in [0.5, 0.6) is 0 Å². The van der Waals surface area contributed by atoms with Gasteiger partial charge in [0.25, 0.3) is 0 Å². The number of nitrogens with one attached hydrogen (secondary N) is 1. The number of rotatable bonds is 7. The van der Waals surface area contributed by atoms with Gasteiger partial charge in [-0.3, -0.25) is 9.59 Å². The third kappa shape index (κ3) is 4.88. The zero-order valence-electron chi connectivity index (χ0n) is 17.8. The molecule has 2 heterocycles. The van der Waals surface area contributed by atoms with Crippen LogP contribution in [0, 0.1) is 5.41 Å². The third-order valence-corrected chi connectivity index (χ3v) is 6.92. The lowest BCUT2D eigenvalue weighted by Crippen LogP contribution is -2.44. The average Bonchev–Trinajstić information content (AvgIpc) is 3.49. The Balaban J connectivity index is 1.43. The lowest BCUT2D eigenvalue weighted by Gasteiger charge is -2.28. The van der Waals surface area contributed by atoms with E-state index in [0.717, 1.165) is 12.0 Å². The van der Waals surface area contributed by atoms with E-state index in [1.165, 1.54) is 16.7 Å². The van der Waals surface area contributed by atoms with E-state index in [1.807, 2.05) is 35.2 Å². The predicted molar refractivity (Wildman–Crippen MR) is 126 cm³/mol. The summed E-state index contributed by atoms with van der Waals surface area (Å²) in [5.74, 6) is 0.148. The average molecular weight is 433 g/mol. The van der Waals surface area contributed by atoms with Crippen LogP contribution in [0.2, 0.25) is 0 Å². The fourth-order valence-electron chi connectivity index (χ4n) is 4.45. The van der Waals surface area contributed by atoms with Gasteiger partial charge in [0.2, 0.25) is 11.8 Å². The van der Waals surface area contributed by atoms with Crippen LogP contribution < -0.4 is 5.32 Å². The van der Waals surface area contributed by atoms with Crippen molar-refractivity contribution in [2.45, 2.75) is 25.7 Å². The number of nitrogens with zero attached hydrogens (tertiary/aromatic N) is 1. The van der Waals surface area contributed by atoms with Gasteiger partial charge in [0.15, 0.2) is 0 Å². The minimum absolute atomic E-state index is 0.0211. The Morgan fingerprint density at radius 3 is 2.45 bits per heavy atom. The lowest BCUT2D eigenvalue weighted by molar-refractivity contribution is -0.133. The van der Waals surface area contributed by atoms with E-state index in [2.05, 4.69) is 46.4 Å². The monoisotopic (exact) mass is 432 g/mol. The molecule has 0 aliphatic carbocycles. The number of thiophene rings is 1. The van der Waals surface area contributed by atoms with E-state index in [1.54, 1.807) is 18.4 Å². The molecule has 1 saturated heterocycles. The molecular weight excluding hydrogens is 404 g/mol. The minimum atomic E-state index is -0.568. The van der Waals surface area contributed by atoms with Crippen LogP contribution in [0.4, 0.5) is 0 Å². The van der Waals surface area contributed by atoms with E-state index < -0.39 is 5.41 Å². The van der Waals surface area contributed by atoms with Crippen LogP contribution in [0.15, 0.2) is 71.4 Å². The molecular formula is C26H28N2O2S. The first-order valence-electron chi connectivity index (χ1n) is 10.7. The van der Waals surface area contributed by atoms with Crippen LogP contribution in [0.3, 0.4) is 0 Å². The second-order valence-corrected chi connectivity index (χ2v) is 9.08. The van der Waals surface area contributed by atoms with Crippen molar-refractivity contribution in [2.75, 3.05) is 20.1 Å². The van der Waals surface area contributed by atoms with E-state index in [4.69, 9.17) is 0 Å². The highest BCUT2D eigenvalue weighted by Crippen LogP contribution is 2.35. The molecule has 1 aliphatic rings. The number of carbonyl (C=O) groups excluding carboxylic acids is 2. The number of benzene rings is 2. The second-order valence-electron chi connectivity index (χ2n) is 8.30. The zero-order valence-corrected chi connectivity index (χ0v) is 18.7. The first-order chi connectivity index (χ1) is 15.1. The van der Waals surface area contributed by atoms with Crippen molar-refractivity contribution in [1.82, 2.24) is 10.2 Å². The van der Waals surface area contributed by atoms with Crippen molar-refractivity contribution < 1.29 is 9.59 Å². The standard InChI is InChI=1S/C26H28N2O2S/c1-27-25(30)26(17-21-7-10-22(11-8-21)23-13-16-31-18-23)14-15-28(19-26)24(29)12-9-20-5-3-2-4-6-20/h2-8,10-11,13,16,18H,9,12,14-15,17,19H2,1H3,(H,27,30)/t26-/m1/s1. The first kappa shape index (κ1) is 21.3. The molecule has 0 spiro atoms. The Bertz CT molecular complexity index is 1020. The maximum absolute atomic E-state index is 12.9. The number of hydrogen-bond donors (Lipinski definition) is 1. The smallest absolute Gasteiger partial charge is 0.228 e. The van der Waals surface area contributed by atoms with Gasteiger partial charge in [0.1, 0.15) is 0 Å². The SMILES string of the molecule is CNC(=O)[C@@]1(Cc2ccc(-c3ccsc3)cc2)CCN(C(=O)CCc2ccccc2)C1. The van der Waals surface area contributed by atoms with Crippen LogP contribution in [0.25, 0.3) is 11.1 Å². The van der Waals surface area contributed by atoms with E-state index >= 15 is 0 Å². The van der Waals surface area contributed by atoms with E-state index in [0.29, 0.717) is 32.4 Å². The van der Waals surface area contributed by atoms with Gasteiger partial charge in [0.05, 0.1) is 5.41 Å². The molecule has 3 aromatic rings. The molecule has 1 N–H and O–H groups in total. The van der Waals surface area contributed by atoms with Crippen LogP contribution in [0.1, 0.15) is 24.0 Å². The van der Waals surface area contributed by atoms with Crippen molar-refractivity contribution in [2.24, 2.45) is 5.41 Å². The summed E-state index contributed by atoms with van der Waals surface area (Å²) < 4.78 is 0. The number of aryl methyl sites for hydroxylation is 1. The van der Waals surface area contributed by atoms with Crippen molar-refractivity contribution in [1.29, 1.82) is 0 Å². The van der Waals surface area contributed by atoms with Gasteiger partial charge in [-0.15, -0.1) is 0 Å². The van der Waals surface area contributed by atoms with Crippen LogP contribution in [-0.2, 0) is 22.4 Å². The summed E-state index contributed by atoms with van der Waals surface area (Å²) in [6.07, 6.45) is 2.53. The normalized spacial score (nSPS) is 18.2. The fraction of sp³-hybridized carbons (Fsp3) is 0.308. The highest BCUT2D eigenvalue weighted by atomic mass is 32.1. The summed E-state index contributed by atoms with van der Waals surface area (Å²) >= 11 is 1.69. The van der Waals surface area contributed by atoms with Gasteiger partial charge in [-0.2, -0.15) is 11.3 Å². The van der Waals surface area contributed by atoms with Gasteiger partial charge in [-0.05, 0) is 58.3 Å². The molecule has 4 nitrogen and oxygen atoms in total. The number of hydrogen-bond acceptors (Lipinski definition) is 3. The summed E-state index contributed by atoms with van der Waals surface area (Å²) in [6.45, 7) is 1.11. The molecule has 160 valence electrons. The molecule has 0 bridgehead atoms. The molecule has 5 heteroatoms. The zero-order chi connectivity index (χ0) is 21.7. The first-order valence-corrected chi connectivity index (χ1v) is 11.7. The molecule has 1 aliphatic heterocycles. The molecule has 4 rings (SSSR count). The van der Waals surface area contributed by atoms with Gasteiger partial charge in [0, 0.05) is 26.6 Å². The topological polar surface area (TPSA) is 49.4 Å².